The third-order valence-corrected chi connectivity index (χ3v) is 6.09. The molecule has 0 bridgehead atoms. The third kappa shape index (κ3) is 4.94. The molecule has 33 heavy (non-hydrogen) atoms. The van der Waals surface area contributed by atoms with Gasteiger partial charge in [0.2, 0.25) is 11.1 Å². The normalized spacial score (nSPS) is 11.7. The molecule has 1 amide bonds. The molecule has 0 aliphatic heterocycles. The lowest BCUT2D eigenvalue weighted by molar-refractivity contribution is -0.384. The van der Waals surface area contributed by atoms with Crippen LogP contribution in [0.25, 0.3) is 11.4 Å². The molecule has 1 atom stereocenters. The van der Waals surface area contributed by atoms with Crippen LogP contribution >= 0.6 is 23.4 Å². The van der Waals surface area contributed by atoms with E-state index in [1.54, 1.807) is 36.7 Å². The number of nitrogens with two attached hydrogens (primary N) is 1. The number of non-ortho nitro benzene ring substituents is 1. The lowest BCUT2D eigenvalue weighted by atomic mass is 10.1. The molecule has 4 rings (SSSR count). The van der Waals surface area contributed by atoms with Crippen LogP contribution in [-0.4, -0.2) is 30.7 Å². The highest BCUT2D eigenvalue weighted by Gasteiger charge is 2.26. The number of carbonyl (C=O) groups excluding carboxylic acids is 1. The number of benzene rings is 2. The number of halogens is 1. The number of anilines is 1. The minimum absolute atomic E-state index is 0.0511. The maximum Gasteiger partial charge on any atom is 0.271 e. The van der Waals surface area contributed by atoms with Crippen LogP contribution in [0, 0.1) is 10.1 Å². The number of nitrogens with one attached hydrogen (secondary N) is 1. The quantitative estimate of drug-likeness (QED) is 0.174. The highest BCUT2D eigenvalue weighted by Crippen LogP contribution is 2.37. The molecular formula is C21H16ClN7O3S. The van der Waals surface area contributed by atoms with Crippen LogP contribution in [-0.2, 0) is 4.79 Å². The van der Waals surface area contributed by atoms with E-state index in [0.717, 1.165) is 11.8 Å². The monoisotopic (exact) mass is 481 g/mol. The summed E-state index contributed by atoms with van der Waals surface area (Å²) in [6.07, 6.45) is 3.25. The summed E-state index contributed by atoms with van der Waals surface area (Å²) < 4.78 is 1.30. The Morgan fingerprint density at radius 2 is 1.94 bits per heavy atom. The molecule has 3 N–H and O–H groups in total. The van der Waals surface area contributed by atoms with E-state index in [9.17, 15) is 14.9 Å². The molecule has 2 aromatic heterocycles. The number of pyridine rings is 1. The maximum absolute atomic E-state index is 13.2. The third-order valence-electron chi connectivity index (χ3n) is 4.57. The van der Waals surface area contributed by atoms with Gasteiger partial charge in [-0.15, -0.1) is 10.2 Å². The van der Waals surface area contributed by atoms with Gasteiger partial charge in [-0.2, -0.15) is 0 Å². The zero-order chi connectivity index (χ0) is 23.4. The van der Waals surface area contributed by atoms with Crippen molar-refractivity contribution >= 4 is 40.6 Å². The fourth-order valence-electron chi connectivity index (χ4n) is 2.97. The molecule has 4 aromatic rings. The Morgan fingerprint density at radius 1 is 1.15 bits per heavy atom. The van der Waals surface area contributed by atoms with Crippen LogP contribution in [0.3, 0.4) is 0 Å². The Labute approximate surface area is 196 Å². The van der Waals surface area contributed by atoms with E-state index >= 15 is 0 Å². The average molecular weight is 482 g/mol. The van der Waals surface area contributed by atoms with Gasteiger partial charge in [-0.3, -0.25) is 19.9 Å². The summed E-state index contributed by atoms with van der Waals surface area (Å²) in [6.45, 7) is 0. The number of hydrogen-bond acceptors (Lipinski definition) is 8. The number of nitrogen functional groups attached to an aromatic ring is 1. The van der Waals surface area contributed by atoms with Gasteiger partial charge in [0.15, 0.2) is 5.82 Å². The summed E-state index contributed by atoms with van der Waals surface area (Å²) in [5.74, 6) is 6.20. The topological polar surface area (TPSA) is 142 Å². The van der Waals surface area contributed by atoms with Gasteiger partial charge in [-0.1, -0.05) is 53.7 Å². The van der Waals surface area contributed by atoms with E-state index in [1.807, 2.05) is 18.2 Å². The standard InChI is InChI=1S/C21H16ClN7O3S/c22-16-11-15(29(31)32)8-9-17(16)25-20(30)18(13-5-2-1-3-6-13)33-21-27-26-19(28(21)23)14-7-4-10-24-12-14/h1-12,18H,23H2,(H,25,30). The zero-order valence-electron chi connectivity index (χ0n) is 16.8. The van der Waals surface area contributed by atoms with E-state index in [4.69, 9.17) is 17.4 Å². The predicted molar refractivity (Wildman–Crippen MR) is 125 cm³/mol. The molecule has 0 fully saturated rings. The van der Waals surface area contributed by atoms with Crippen molar-refractivity contribution in [1.29, 1.82) is 0 Å². The van der Waals surface area contributed by atoms with Gasteiger partial charge in [-0.25, -0.2) is 4.68 Å². The predicted octanol–water partition coefficient (Wildman–Crippen LogP) is 4.09. The lowest BCUT2D eigenvalue weighted by Crippen LogP contribution is -2.20. The molecule has 166 valence electrons. The van der Waals surface area contributed by atoms with E-state index in [0.29, 0.717) is 22.1 Å². The van der Waals surface area contributed by atoms with Gasteiger partial charge >= 0.3 is 0 Å². The first-order chi connectivity index (χ1) is 15.9. The summed E-state index contributed by atoms with van der Waals surface area (Å²) in [7, 11) is 0. The molecule has 0 saturated carbocycles. The fourth-order valence-corrected chi connectivity index (χ4v) is 4.15. The minimum atomic E-state index is -0.759. The van der Waals surface area contributed by atoms with Gasteiger partial charge in [0, 0.05) is 30.1 Å². The van der Waals surface area contributed by atoms with Crippen LogP contribution in [0.2, 0.25) is 5.02 Å². The van der Waals surface area contributed by atoms with Gasteiger partial charge in [0.1, 0.15) is 5.25 Å². The van der Waals surface area contributed by atoms with Crippen molar-refractivity contribution in [2.45, 2.75) is 10.4 Å². The molecule has 12 heteroatoms. The minimum Gasteiger partial charge on any atom is -0.335 e. The van der Waals surface area contributed by atoms with Crippen molar-refractivity contribution < 1.29 is 9.72 Å². The Balaban J connectivity index is 1.63. The van der Waals surface area contributed by atoms with Gasteiger partial charge < -0.3 is 11.2 Å². The van der Waals surface area contributed by atoms with Crippen molar-refractivity contribution in [2.24, 2.45) is 0 Å². The molecule has 2 aromatic carbocycles. The first kappa shape index (κ1) is 22.2. The van der Waals surface area contributed by atoms with Crippen LogP contribution in [0.4, 0.5) is 11.4 Å². The number of thioether (sulfide) groups is 1. The van der Waals surface area contributed by atoms with Gasteiger partial charge in [-0.05, 0) is 23.8 Å². The molecule has 0 aliphatic rings. The number of hydrogen-bond donors (Lipinski definition) is 2. The van der Waals surface area contributed by atoms with E-state index in [-0.39, 0.29) is 16.4 Å². The Hall–Kier alpha value is -3.96. The first-order valence-electron chi connectivity index (χ1n) is 9.51. The van der Waals surface area contributed by atoms with Crippen LogP contribution < -0.4 is 11.2 Å². The maximum atomic E-state index is 13.2. The number of aromatic nitrogens is 4. The SMILES string of the molecule is Nn1c(SC(C(=O)Nc2ccc([N+](=O)[O-])cc2Cl)c2ccccc2)nnc1-c1cccnc1. The second kappa shape index (κ2) is 9.67. The second-order valence-corrected chi connectivity index (χ2v) is 8.22. The van der Waals surface area contributed by atoms with Crippen LogP contribution in [0.15, 0.2) is 78.2 Å². The Bertz CT molecular complexity index is 1300. The van der Waals surface area contributed by atoms with Crippen molar-refractivity contribution in [3.63, 3.8) is 0 Å². The van der Waals surface area contributed by atoms with Crippen molar-refractivity contribution in [1.82, 2.24) is 19.9 Å². The largest absolute Gasteiger partial charge is 0.335 e. The van der Waals surface area contributed by atoms with Crippen molar-refractivity contribution in [3.05, 3.63) is 93.8 Å². The molecule has 0 saturated heterocycles. The number of nitrogens with zero attached hydrogens (tertiary/aromatic N) is 5. The van der Waals surface area contributed by atoms with Crippen LogP contribution in [0.1, 0.15) is 10.8 Å². The fraction of sp³-hybridized carbons (Fsp3) is 0.0476. The Kier molecular flexibility index (Phi) is 6.52. The molecule has 0 aliphatic carbocycles. The average Bonchev–Trinajstić information content (AvgIpc) is 3.19. The smallest absolute Gasteiger partial charge is 0.271 e. The molecule has 0 radical (unpaired) electrons. The molecule has 10 nitrogen and oxygen atoms in total. The summed E-state index contributed by atoms with van der Waals surface area (Å²) in [6, 6.07) is 16.4. The zero-order valence-corrected chi connectivity index (χ0v) is 18.4. The number of carbonyl (C=O) groups is 1. The van der Waals surface area contributed by atoms with E-state index < -0.39 is 16.1 Å². The highest BCUT2D eigenvalue weighted by molar-refractivity contribution is 8.00. The number of amides is 1. The molecular weight excluding hydrogens is 466 g/mol. The molecule has 1 unspecified atom stereocenters. The summed E-state index contributed by atoms with van der Waals surface area (Å²) >= 11 is 7.25. The molecule has 0 spiro atoms. The lowest BCUT2D eigenvalue weighted by Gasteiger charge is -2.17. The van der Waals surface area contributed by atoms with Crippen molar-refractivity contribution in [2.75, 3.05) is 11.2 Å². The Morgan fingerprint density at radius 3 is 2.61 bits per heavy atom. The number of nitro benzene ring substituents is 1. The van der Waals surface area contributed by atoms with E-state index in [1.165, 1.54) is 22.9 Å². The van der Waals surface area contributed by atoms with E-state index in [2.05, 4.69) is 20.5 Å². The molecule has 2 heterocycles. The summed E-state index contributed by atoms with van der Waals surface area (Å²) in [5.41, 5.74) is 1.45. The number of nitro groups is 1. The van der Waals surface area contributed by atoms with Gasteiger partial charge in [0.25, 0.3) is 5.69 Å². The second-order valence-electron chi connectivity index (χ2n) is 6.74. The summed E-state index contributed by atoms with van der Waals surface area (Å²) in [4.78, 5) is 27.7. The summed E-state index contributed by atoms with van der Waals surface area (Å²) in [5, 5.41) is 21.5. The highest BCUT2D eigenvalue weighted by atomic mass is 35.5. The number of rotatable bonds is 7. The first-order valence-corrected chi connectivity index (χ1v) is 10.8. The van der Waals surface area contributed by atoms with Crippen molar-refractivity contribution in [3.8, 4) is 11.4 Å². The van der Waals surface area contributed by atoms with Crippen LogP contribution in [0.5, 0.6) is 0 Å². The van der Waals surface area contributed by atoms with Gasteiger partial charge in [0.05, 0.1) is 15.6 Å².